The Bertz CT molecular complexity index is 435. The van der Waals surface area contributed by atoms with Crippen molar-refractivity contribution in [1.82, 2.24) is 5.32 Å². The lowest BCUT2D eigenvalue weighted by atomic mass is 9.57. The molecule has 2 unspecified atom stereocenters. The van der Waals surface area contributed by atoms with Crippen LogP contribution in [0.5, 0.6) is 0 Å². The third-order valence-corrected chi connectivity index (χ3v) is 5.04. The maximum atomic E-state index is 3.69. The molecule has 1 aliphatic rings. The molecular formula is C18H29N. The molecule has 0 aromatic heterocycles. The molecule has 0 aliphatic heterocycles. The quantitative estimate of drug-likeness (QED) is 0.835. The summed E-state index contributed by atoms with van der Waals surface area (Å²) in [7, 11) is 0. The van der Waals surface area contributed by atoms with Crippen LogP contribution < -0.4 is 5.32 Å². The number of hydrogen-bond donors (Lipinski definition) is 1. The van der Waals surface area contributed by atoms with Gasteiger partial charge in [0, 0.05) is 12.0 Å². The first kappa shape index (κ1) is 14.6. The molecule has 1 aromatic carbocycles. The largest absolute Gasteiger partial charge is 0.316 e. The first-order valence-corrected chi connectivity index (χ1v) is 7.74. The summed E-state index contributed by atoms with van der Waals surface area (Å²) in [6.45, 7) is 13.7. The monoisotopic (exact) mass is 259 g/mol. The minimum Gasteiger partial charge on any atom is -0.316 e. The van der Waals surface area contributed by atoms with Gasteiger partial charge in [0.2, 0.25) is 0 Å². The van der Waals surface area contributed by atoms with Crippen molar-refractivity contribution in [2.45, 2.75) is 52.9 Å². The van der Waals surface area contributed by atoms with Gasteiger partial charge in [-0.25, -0.2) is 0 Å². The van der Waals surface area contributed by atoms with E-state index in [2.05, 4.69) is 58.1 Å². The van der Waals surface area contributed by atoms with Crippen molar-refractivity contribution in [3.8, 4) is 0 Å². The van der Waals surface area contributed by atoms with Gasteiger partial charge in [0.05, 0.1) is 0 Å². The average molecular weight is 259 g/mol. The van der Waals surface area contributed by atoms with Gasteiger partial charge >= 0.3 is 0 Å². The maximum absolute atomic E-state index is 3.69. The summed E-state index contributed by atoms with van der Waals surface area (Å²) in [5.41, 5.74) is 4.76. The topological polar surface area (TPSA) is 12.0 Å². The van der Waals surface area contributed by atoms with E-state index in [1.165, 1.54) is 24.0 Å². The zero-order valence-corrected chi connectivity index (χ0v) is 13.2. The Morgan fingerprint density at radius 1 is 1.26 bits per heavy atom. The molecule has 1 aromatic rings. The molecule has 0 bridgehead atoms. The van der Waals surface area contributed by atoms with Gasteiger partial charge in [-0.3, -0.25) is 0 Å². The van der Waals surface area contributed by atoms with Crippen molar-refractivity contribution in [2.75, 3.05) is 13.1 Å². The summed E-state index contributed by atoms with van der Waals surface area (Å²) in [5.74, 6) is 1.53. The summed E-state index contributed by atoms with van der Waals surface area (Å²) >= 11 is 0. The van der Waals surface area contributed by atoms with Gasteiger partial charge in [-0.2, -0.15) is 0 Å². The third-order valence-electron chi connectivity index (χ3n) is 5.04. The zero-order valence-electron chi connectivity index (χ0n) is 13.2. The van der Waals surface area contributed by atoms with Gasteiger partial charge < -0.3 is 5.32 Å². The van der Waals surface area contributed by atoms with Crippen LogP contribution in [-0.2, 0) is 5.41 Å². The summed E-state index contributed by atoms with van der Waals surface area (Å²) in [4.78, 5) is 0. The highest BCUT2D eigenvalue weighted by molar-refractivity contribution is 5.37. The highest BCUT2D eigenvalue weighted by atomic mass is 14.9. The Hall–Kier alpha value is -0.820. The van der Waals surface area contributed by atoms with Gasteiger partial charge in [0.1, 0.15) is 0 Å². The molecule has 1 saturated carbocycles. The van der Waals surface area contributed by atoms with E-state index in [-0.39, 0.29) is 0 Å². The normalized spacial score (nSPS) is 26.5. The molecule has 2 rings (SSSR count). The molecule has 0 spiro atoms. The summed E-state index contributed by atoms with van der Waals surface area (Å²) < 4.78 is 0. The van der Waals surface area contributed by atoms with Crippen LogP contribution in [0.15, 0.2) is 18.2 Å². The summed E-state index contributed by atoms with van der Waals surface area (Å²) in [6.07, 6.45) is 2.71. The highest BCUT2D eigenvalue weighted by Crippen LogP contribution is 2.48. The van der Waals surface area contributed by atoms with Gasteiger partial charge in [0.25, 0.3) is 0 Å². The van der Waals surface area contributed by atoms with Gasteiger partial charge in [-0.05, 0) is 61.8 Å². The molecule has 1 fully saturated rings. The van der Waals surface area contributed by atoms with Crippen LogP contribution in [0.25, 0.3) is 0 Å². The number of rotatable bonds is 5. The van der Waals surface area contributed by atoms with E-state index in [1.807, 2.05) is 0 Å². The molecule has 1 aliphatic carbocycles. The molecule has 0 heterocycles. The maximum Gasteiger partial charge on any atom is 0.0103 e. The van der Waals surface area contributed by atoms with Crippen molar-refractivity contribution in [3.63, 3.8) is 0 Å². The number of hydrogen-bond acceptors (Lipinski definition) is 1. The van der Waals surface area contributed by atoms with Crippen molar-refractivity contribution in [3.05, 3.63) is 34.9 Å². The Morgan fingerprint density at radius 2 is 2.00 bits per heavy atom. The van der Waals surface area contributed by atoms with Crippen molar-refractivity contribution in [1.29, 1.82) is 0 Å². The fourth-order valence-electron chi connectivity index (χ4n) is 3.21. The first-order chi connectivity index (χ1) is 8.95. The van der Waals surface area contributed by atoms with E-state index < -0.39 is 0 Å². The standard InChI is InChI=1S/C18H29N/c1-13(2)11-19-12-18(9-8-16(18)5)17-7-6-14(3)15(4)10-17/h6-7,10,13,16,19H,8-9,11-12H2,1-5H3. The average Bonchev–Trinajstić information content (AvgIpc) is 2.36. The molecule has 0 radical (unpaired) electrons. The van der Waals surface area contributed by atoms with Gasteiger partial charge in [-0.1, -0.05) is 39.0 Å². The van der Waals surface area contributed by atoms with Crippen molar-refractivity contribution in [2.24, 2.45) is 11.8 Å². The highest BCUT2D eigenvalue weighted by Gasteiger charge is 2.44. The lowest BCUT2D eigenvalue weighted by molar-refractivity contribution is 0.133. The van der Waals surface area contributed by atoms with Crippen molar-refractivity contribution >= 4 is 0 Å². The molecule has 106 valence electrons. The minimum absolute atomic E-state index is 0.382. The molecule has 1 heteroatoms. The lowest BCUT2D eigenvalue weighted by Crippen LogP contribution is -2.50. The Morgan fingerprint density at radius 3 is 2.47 bits per heavy atom. The second kappa shape index (κ2) is 5.66. The zero-order chi connectivity index (χ0) is 14.0. The fourth-order valence-corrected chi connectivity index (χ4v) is 3.21. The van der Waals surface area contributed by atoms with E-state index >= 15 is 0 Å². The Kier molecular flexibility index (Phi) is 4.35. The van der Waals surface area contributed by atoms with E-state index in [0.29, 0.717) is 5.41 Å². The second-order valence-corrected chi connectivity index (χ2v) is 6.92. The second-order valence-electron chi connectivity index (χ2n) is 6.92. The lowest BCUT2D eigenvalue weighted by Gasteiger charge is -2.49. The molecule has 19 heavy (non-hydrogen) atoms. The van der Waals surface area contributed by atoms with Crippen LogP contribution in [-0.4, -0.2) is 13.1 Å². The smallest absolute Gasteiger partial charge is 0.0103 e. The number of aryl methyl sites for hydroxylation is 2. The molecule has 1 nitrogen and oxygen atoms in total. The predicted octanol–water partition coefficient (Wildman–Crippen LogP) is 4.22. The summed E-state index contributed by atoms with van der Waals surface area (Å²) in [6, 6.07) is 7.07. The van der Waals surface area contributed by atoms with Crippen LogP contribution in [0.2, 0.25) is 0 Å². The SMILES string of the molecule is Cc1ccc(C2(CNCC(C)C)CCC2C)cc1C. The van der Waals surface area contributed by atoms with Gasteiger partial charge in [-0.15, -0.1) is 0 Å². The Balaban J connectivity index is 2.17. The molecular weight excluding hydrogens is 230 g/mol. The first-order valence-electron chi connectivity index (χ1n) is 7.74. The van der Waals surface area contributed by atoms with Crippen LogP contribution in [0.4, 0.5) is 0 Å². The molecule has 2 atom stereocenters. The van der Waals surface area contributed by atoms with E-state index in [4.69, 9.17) is 0 Å². The Labute approximate surface area is 118 Å². The van der Waals surface area contributed by atoms with Gasteiger partial charge in [0.15, 0.2) is 0 Å². The molecule has 0 saturated heterocycles. The van der Waals surface area contributed by atoms with E-state index in [0.717, 1.165) is 24.9 Å². The van der Waals surface area contributed by atoms with Crippen LogP contribution >= 0.6 is 0 Å². The molecule has 1 N–H and O–H groups in total. The van der Waals surface area contributed by atoms with E-state index in [9.17, 15) is 0 Å². The van der Waals surface area contributed by atoms with Crippen LogP contribution in [0.1, 0.15) is 50.3 Å². The van der Waals surface area contributed by atoms with Crippen LogP contribution in [0.3, 0.4) is 0 Å². The summed E-state index contributed by atoms with van der Waals surface area (Å²) in [5, 5.41) is 3.69. The third kappa shape index (κ3) is 2.86. The number of nitrogens with one attached hydrogen (secondary N) is 1. The fraction of sp³-hybridized carbons (Fsp3) is 0.667. The van der Waals surface area contributed by atoms with Crippen LogP contribution in [0, 0.1) is 25.7 Å². The van der Waals surface area contributed by atoms with Crippen molar-refractivity contribution < 1.29 is 0 Å². The molecule has 0 amide bonds. The van der Waals surface area contributed by atoms with E-state index in [1.54, 1.807) is 5.56 Å². The predicted molar refractivity (Wildman–Crippen MR) is 83.7 cm³/mol. The minimum atomic E-state index is 0.382. The number of benzene rings is 1.